The van der Waals surface area contributed by atoms with Crippen LogP contribution in [0.4, 0.5) is 11.4 Å². The molecule has 2 aromatic carbocycles. The second-order valence-electron chi connectivity index (χ2n) is 7.58. The largest absolute Gasteiger partial charge is 0.478 e. The summed E-state index contributed by atoms with van der Waals surface area (Å²) in [7, 11) is -3.88. The molecule has 1 atom stereocenters. The summed E-state index contributed by atoms with van der Waals surface area (Å²) in [6.45, 7) is 7.66. The van der Waals surface area contributed by atoms with E-state index >= 15 is 0 Å². The van der Waals surface area contributed by atoms with Crippen molar-refractivity contribution in [2.75, 3.05) is 22.7 Å². The van der Waals surface area contributed by atoms with E-state index in [4.69, 9.17) is 0 Å². The van der Waals surface area contributed by atoms with Crippen LogP contribution in [0, 0.1) is 19.8 Å². The van der Waals surface area contributed by atoms with Crippen molar-refractivity contribution in [1.82, 2.24) is 0 Å². The Morgan fingerprint density at radius 1 is 1.14 bits per heavy atom. The first-order chi connectivity index (χ1) is 13.2. The monoisotopic (exact) mass is 402 g/mol. The molecule has 0 bridgehead atoms. The van der Waals surface area contributed by atoms with E-state index in [2.05, 4.69) is 16.5 Å². The molecule has 150 valence electrons. The Morgan fingerprint density at radius 3 is 2.54 bits per heavy atom. The normalized spacial score (nSPS) is 17.4. The van der Waals surface area contributed by atoms with Crippen molar-refractivity contribution in [3.8, 4) is 0 Å². The molecule has 1 fully saturated rings. The summed E-state index contributed by atoms with van der Waals surface area (Å²) >= 11 is 0. The molecule has 2 aromatic rings. The summed E-state index contributed by atoms with van der Waals surface area (Å²) in [6.07, 6.45) is 2.22. The molecule has 7 heteroatoms. The number of nitrogens with zero attached hydrogens (tertiary/aromatic N) is 1. The number of anilines is 2. The van der Waals surface area contributed by atoms with Gasteiger partial charge in [-0.1, -0.05) is 13.0 Å². The third-order valence-corrected chi connectivity index (χ3v) is 6.65. The lowest BCUT2D eigenvalue weighted by molar-refractivity contribution is 0.0698. The van der Waals surface area contributed by atoms with Crippen molar-refractivity contribution in [1.29, 1.82) is 0 Å². The fourth-order valence-electron chi connectivity index (χ4n) is 3.50. The van der Waals surface area contributed by atoms with Crippen LogP contribution in [-0.4, -0.2) is 32.6 Å². The van der Waals surface area contributed by atoms with E-state index in [0.29, 0.717) is 5.92 Å². The predicted molar refractivity (Wildman–Crippen MR) is 111 cm³/mol. The van der Waals surface area contributed by atoms with Gasteiger partial charge in [-0.2, -0.15) is 0 Å². The number of sulfonamides is 1. The van der Waals surface area contributed by atoms with Gasteiger partial charge in [-0.15, -0.1) is 0 Å². The number of carbonyl (C=O) groups is 1. The van der Waals surface area contributed by atoms with E-state index in [1.54, 1.807) is 24.3 Å². The number of hydrogen-bond donors (Lipinski definition) is 2. The number of aromatic carboxylic acids is 1. The van der Waals surface area contributed by atoms with Gasteiger partial charge in [-0.3, -0.25) is 4.72 Å². The Balaban J connectivity index is 1.92. The Hall–Kier alpha value is -2.54. The molecular formula is C21H26N2O4S. The van der Waals surface area contributed by atoms with Crippen LogP contribution in [0.3, 0.4) is 0 Å². The van der Waals surface area contributed by atoms with Crippen LogP contribution in [0.5, 0.6) is 0 Å². The van der Waals surface area contributed by atoms with Gasteiger partial charge in [0, 0.05) is 18.8 Å². The Morgan fingerprint density at radius 2 is 1.89 bits per heavy atom. The first-order valence-electron chi connectivity index (χ1n) is 9.40. The summed E-state index contributed by atoms with van der Waals surface area (Å²) < 4.78 is 28.0. The van der Waals surface area contributed by atoms with E-state index in [1.807, 2.05) is 13.8 Å². The van der Waals surface area contributed by atoms with Crippen molar-refractivity contribution in [2.45, 2.75) is 38.5 Å². The minimum atomic E-state index is -3.88. The molecule has 1 aliphatic rings. The highest BCUT2D eigenvalue weighted by Crippen LogP contribution is 2.29. The average molecular weight is 403 g/mol. The predicted octanol–water partition coefficient (Wildman–Crippen LogP) is 4.04. The van der Waals surface area contributed by atoms with Gasteiger partial charge in [-0.25, -0.2) is 13.2 Å². The van der Waals surface area contributed by atoms with Gasteiger partial charge in [0.2, 0.25) is 0 Å². The first kappa shape index (κ1) is 20.2. The Labute approximate surface area is 166 Å². The molecule has 28 heavy (non-hydrogen) atoms. The number of aryl methyl sites for hydroxylation is 2. The highest BCUT2D eigenvalue weighted by molar-refractivity contribution is 7.92. The zero-order valence-electron chi connectivity index (χ0n) is 16.4. The van der Waals surface area contributed by atoms with Gasteiger partial charge in [0.25, 0.3) is 10.0 Å². The van der Waals surface area contributed by atoms with Crippen molar-refractivity contribution >= 4 is 27.4 Å². The number of benzene rings is 2. The molecule has 1 aliphatic heterocycles. The lowest BCUT2D eigenvalue weighted by atomic mass is 9.99. The maximum atomic E-state index is 12.8. The fraction of sp³-hybridized carbons (Fsp3) is 0.381. The average Bonchev–Trinajstić information content (AvgIpc) is 2.63. The Bertz CT molecular complexity index is 1000. The van der Waals surface area contributed by atoms with E-state index in [1.165, 1.54) is 12.1 Å². The van der Waals surface area contributed by atoms with Crippen LogP contribution in [-0.2, 0) is 10.0 Å². The molecule has 0 aliphatic carbocycles. The summed E-state index contributed by atoms with van der Waals surface area (Å²) in [5.41, 5.74) is 2.67. The molecule has 1 unspecified atom stereocenters. The van der Waals surface area contributed by atoms with Gasteiger partial charge in [0.1, 0.15) is 0 Å². The zero-order valence-corrected chi connectivity index (χ0v) is 17.2. The second-order valence-corrected chi connectivity index (χ2v) is 9.26. The molecule has 6 nitrogen and oxygen atoms in total. The minimum Gasteiger partial charge on any atom is -0.478 e. The molecule has 1 heterocycles. The smallest absolute Gasteiger partial charge is 0.337 e. The number of carboxylic acid groups (broad SMARTS) is 1. The summed E-state index contributed by atoms with van der Waals surface area (Å²) in [5, 5.41) is 9.64. The van der Waals surface area contributed by atoms with Gasteiger partial charge in [0.15, 0.2) is 0 Å². The highest BCUT2D eigenvalue weighted by Gasteiger charge is 2.22. The summed E-state index contributed by atoms with van der Waals surface area (Å²) in [5.74, 6) is -0.616. The molecule has 0 radical (unpaired) electrons. The molecule has 1 saturated heterocycles. The van der Waals surface area contributed by atoms with Gasteiger partial charge >= 0.3 is 5.97 Å². The molecule has 0 spiro atoms. The molecule has 2 N–H and O–H groups in total. The molecule has 0 amide bonds. The van der Waals surface area contributed by atoms with E-state index in [0.717, 1.165) is 42.7 Å². The van der Waals surface area contributed by atoms with E-state index in [-0.39, 0.29) is 16.1 Å². The lowest BCUT2D eigenvalue weighted by Gasteiger charge is -2.33. The fourth-order valence-corrected chi connectivity index (χ4v) is 4.67. The van der Waals surface area contributed by atoms with Crippen molar-refractivity contribution in [3.63, 3.8) is 0 Å². The number of carboxylic acids is 1. The Kier molecular flexibility index (Phi) is 5.65. The third kappa shape index (κ3) is 4.30. The molecule has 3 rings (SSSR count). The van der Waals surface area contributed by atoms with Gasteiger partial charge in [0.05, 0.1) is 16.1 Å². The number of nitrogens with one attached hydrogen (secondary N) is 1. The van der Waals surface area contributed by atoms with Crippen LogP contribution >= 0.6 is 0 Å². The standard InChI is InChI=1S/C21H26N2O4S/c1-14-5-4-10-23(13-14)17-7-9-20(19(12-17)21(24)25)22-28(26,27)18-8-6-15(2)16(3)11-18/h6-9,11-12,14,22H,4-5,10,13H2,1-3H3,(H,24,25). The van der Waals surface area contributed by atoms with E-state index < -0.39 is 16.0 Å². The van der Waals surface area contributed by atoms with Crippen LogP contribution in [0.25, 0.3) is 0 Å². The van der Waals surface area contributed by atoms with Gasteiger partial charge < -0.3 is 10.0 Å². The van der Waals surface area contributed by atoms with Gasteiger partial charge in [-0.05, 0) is 74.1 Å². The van der Waals surface area contributed by atoms with Crippen LogP contribution < -0.4 is 9.62 Å². The topological polar surface area (TPSA) is 86.7 Å². The van der Waals surface area contributed by atoms with Crippen molar-refractivity contribution in [3.05, 3.63) is 53.1 Å². The number of hydrogen-bond acceptors (Lipinski definition) is 4. The van der Waals surface area contributed by atoms with Crippen molar-refractivity contribution < 1.29 is 18.3 Å². The van der Waals surface area contributed by atoms with Crippen LogP contribution in [0.15, 0.2) is 41.3 Å². The molecular weight excluding hydrogens is 376 g/mol. The maximum absolute atomic E-state index is 12.8. The minimum absolute atomic E-state index is 0.0527. The summed E-state index contributed by atoms with van der Waals surface area (Å²) in [4.78, 5) is 14.1. The quantitative estimate of drug-likeness (QED) is 0.788. The SMILES string of the molecule is Cc1ccc(S(=O)(=O)Nc2ccc(N3CCCC(C)C3)cc2C(=O)O)cc1C. The van der Waals surface area contributed by atoms with E-state index in [9.17, 15) is 18.3 Å². The summed E-state index contributed by atoms with van der Waals surface area (Å²) in [6, 6.07) is 9.72. The molecule has 0 saturated carbocycles. The highest BCUT2D eigenvalue weighted by atomic mass is 32.2. The zero-order chi connectivity index (χ0) is 20.5. The maximum Gasteiger partial charge on any atom is 0.337 e. The van der Waals surface area contributed by atoms with Crippen LogP contribution in [0.2, 0.25) is 0 Å². The van der Waals surface area contributed by atoms with Crippen molar-refractivity contribution in [2.24, 2.45) is 5.92 Å². The number of piperidine rings is 1. The second kappa shape index (κ2) is 7.83. The molecule has 0 aromatic heterocycles. The number of rotatable bonds is 5. The lowest BCUT2D eigenvalue weighted by Crippen LogP contribution is -2.34. The van der Waals surface area contributed by atoms with Crippen LogP contribution in [0.1, 0.15) is 41.3 Å². The first-order valence-corrected chi connectivity index (χ1v) is 10.9. The third-order valence-electron chi connectivity index (χ3n) is 5.29.